The van der Waals surface area contributed by atoms with Crippen LogP contribution in [0.3, 0.4) is 0 Å². The number of nitrogens with one attached hydrogen (secondary N) is 3. The highest BCUT2D eigenvalue weighted by Gasteiger charge is 2.21. The first-order valence-electron chi connectivity index (χ1n) is 9.98. The van der Waals surface area contributed by atoms with Crippen molar-refractivity contribution in [3.63, 3.8) is 0 Å². The van der Waals surface area contributed by atoms with Gasteiger partial charge in [-0.25, -0.2) is 9.98 Å². The molecule has 1 fully saturated rings. The molecule has 3 N–H and O–H groups in total. The van der Waals surface area contributed by atoms with Gasteiger partial charge in [-0.15, -0.1) is 35.3 Å². The van der Waals surface area contributed by atoms with Gasteiger partial charge in [-0.3, -0.25) is 9.69 Å². The maximum absolute atomic E-state index is 11.9. The Bertz CT molecular complexity index is 608. The lowest BCUT2D eigenvalue weighted by atomic mass is 10.1. The zero-order valence-corrected chi connectivity index (χ0v) is 20.7. The standard InChI is InChI=1S/C19H34N6OS.HI/c1-5-9-21-17(26)13-25-10-7-16(8-11-25)24-19(20-6-2)22-12-18-23-14(3)15(4)27-18;/h16H,5-13H2,1-4H3,(H,21,26)(H2,20,22,24);1H. The van der Waals surface area contributed by atoms with E-state index in [4.69, 9.17) is 4.99 Å². The molecule has 1 amide bonds. The van der Waals surface area contributed by atoms with Crippen LogP contribution in [0.1, 0.15) is 48.7 Å². The number of likely N-dealkylation sites (tertiary alicyclic amines) is 1. The van der Waals surface area contributed by atoms with Crippen molar-refractivity contribution in [3.8, 4) is 0 Å². The smallest absolute Gasteiger partial charge is 0.234 e. The second-order valence-corrected chi connectivity index (χ2v) is 8.28. The average Bonchev–Trinajstić information content (AvgIpc) is 2.97. The molecule has 9 heteroatoms. The second kappa shape index (κ2) is 13.3. The fourth-order valence-electron chi connectivity index (χ4n) is 3.03. The molecule has 1 saturated heterocycles. The van der Waals surface area contributed by atoms with Crippen LogP contribution < -0.4 is 16.0 Å². The topological polar surface area (TPSA) is 81.7 Å². The second-order valence-electron chi connectivity index (χ2n) is 6.99. The molecule has 0 spiro atoms. The summed E-state index contributed by atoms with van der Waals surface area (Å²) in [5.74, 6) is 0.981. The number of rotatable bonds is 8. The molecule has 0 unspecified atom stereocenters. The first kappa shape index (κ1) is 25.1. The lowest BCUT2D eigenvalue weighted by molar-refractivity contribution is -0.122. The van der Waals surface area contributed by atoms with Crippen molar-refractivity contribution < 1.29 is 4.79 Å². The number of aromatic nitrogens is 1. The molecule has 1 aromatic rings. The van der Waals surface area contributed by atoms with Crippen molar-refractivity contribution in [2.45, 2.75) is 59.5 Å². The normalized spacial score (nSPS) is 15.8. The number of carbonyl (C=O) groups excluding carboxylic acids is 1. The minimum Gasteiger partial charge on any atom is -0.357 e. The predicted octanol–water partition coefficient (Wildman–Crippen LogP) is 2.42. The fraction of sp³-hybridized carbons (Fsp3) is 0.737. The van der Waals surface area contributed by atoms with E-state index in [1.165, 1.54) is 4.88 Å². The molecule has 0 bridgehead atoms. The molecule has 1 aliphatic rings. The van der Waals surface area contributed by atoms with E-state index in [-0.39, 0.29) is 29.9 Å². The molecule has 7 nitrogen and oxygen atoms in total. The fourth-order valence-corrected chi connectivity index (χ4v) is 3.88. The van der Waals surface area contributed by atoms with Gasteiger partial charge >= 0.3 is 0 Å². The zero-order valence-electron chi connectivity index (χ0n) is 17.5. The van der Waals surface area contributed by atoms with E-state index in [0.717, 1.165) is 62.1 Å². The summed E-state index contributed by atoms with van der Waals surface area (Å²) in [5, 5.41) is 10.9. The van der Waals surface area contributed by atoms with E-state index in [2.05, 4.69) is 46.6 Å². The number of hydrogen-bond donors (Lipinski definition) is 3. The molecule has 160 valence electrons. The van der Waals surface area contributed by atoms with E-state index in [1.807, 2.05) is 6.92 Å². The number of hydrogen-bond acceptors (Lipinski definition) is 5. The van der Waals surface area contributed by atoms with E-state index >= 15 is 0 Å². The van der Waals surface area contributed by atoms with Gasteiger partial charge in [0.25, 0.3) is 0 Å². The van der Waals surface area contributed by atoms with Crippen molar-refractivity contribution >= 4 is 47.2 Å². The van der Waals surface area contributed by atoms with Crippen molar-refractivity contribution in [2.24, 2.45) is 4.99 Å². The summed E-state index contributed by atoms with van der Waals surface area (Å²) >= 11 is 1.71. The van der Waals surface area contributed by atoms with Crippen LogP contribution in [0.25, 0.3) is 0 Å². The lowest BCUT2D eigenvalue weighted by Gasteiger charge is -2.32. The number of nitrogens with zero attached hydrogens (tertiary/aromatic N) is 3. The third-order valence-corrected chi connectivity index (χ3v) is 5.71. The molecule has 28 heavy (non-hydrogen) atoms. The van der Waals surface area contributed by atoms with Crippen molar-refractivity contribution in [3.05, 3.63) is 15.6 Å². The monoisotopic (exact) mass is 522 g/mol. The highest BCUT2D eigenvalue weighted by atomic mass is 127. The van der Waals surface area contributed by atoms with Crippen LogP contribution in [-0.2, 0) is 11.3 Å². The molecule has 0 aromatic carbocycles. The molecular formula is C19H35IN6OS. The van der Waals surface area contributed by atoms with Gasteiger partial charge in [-0.1, -0.05) is 6.92 Å². The van der Waals surface area contributed by atoms with Crippen LogP contribution in [0.15, 0.2) is 4.99 Å². The van der Waals surface area contributed by atoms with Crippen LogP contribution in [0.2, 0.25) is 0 Å². The SMILES string of the molecule is CCCNC(=O)CN1CCC(NC(=NCc2nc(C)c(C)s2)NCC)CC1.I. The van der Waals surface area contributed by atoms with Gasteiger partial charge < -0.3 is 16.0 Å². The summed E-state index contributed by atoms with van der Waals surface area (Å²) in [6.07, 6.45) is 3.01. The molecule has 0 atom stereocenters. The maximum Gasteiger partial charge on any atom is 0.234 e. The first-order chi connectivity index (χ1) is 13.0. The van der Waals surface area contributed by atoms with Crippen LogP contribution in [0, 0.1) is 13.8 Å². The van der Waals surface area contributed by atoms with E-state index in [9.17, 15) is 4.79 Å². The average molecular weight is 523 g/mol. The number of thiazole rings is 1. The van der Waals surface area contributed by atoms with Gasteiger partial charge in [0.1, 0.15) is 5.01 Å². The Labute approximate surface area is 190 Å². The molecule has 0 aliphatic carbocycles. The van der Waals surface area contributed by atoms with Crippen molar-refractivity contribution in [1.82, 2.24) is 25.8 Å². The van der Waals surface area contributed by atoms with E-state index in [0.29, 0.717) is 19.1 Å². The van der Waals surface area contributed by atoms with Crippen LogP contribution in [0.5, 0.6) is 0 Å². The van der Waals surface area contributed by atoms with Crippen LogP contribution >= 0.6 is 35.3 Å². The Hall–Kier alpha value is -0.940. The summed E-state index contributed by atoms with van der Waals surface area (Å²) in [7, 11) is 0. The summed E-state index contributed by atoms with van der Waals surface area (Å²) in [4.78, 5) is 24.6. The van der Waals surface area contributed by atoms with Crippen molar-refractivity contribution in [2.75, 3.05) is 32.7 Å². The highest BCUT2D eigenvalue weighted by molar-refractivity contribution is 14.0. The maximum atomic E-state index is 11.9. The number of amides is 1. The number of aryl methyl sites for hydroxylation is 2. The molecule has 0 saturated carbocycles. The largest absolute Gasteiger partial charge is 0.357 e. The molecule has 2 rings (SSSR count). The number of guanidine groups is 1. The van der Waals surface area contributed by atoms with Gasteiger partial charge in [0, 0.05) is 37.1 Å². The number of halogens is 1. The Balaban J connectivity index is 0.00000392. The summed E-state index contributed by atoms with van der Waals surface area (Å²) < 4.78 is 0. The first-order valence-corrected chi connectivity index (χ1v) is 10.8. The van der Waals surface area contributed by atoms with Gasteiger partial charge in [0.15, 0.2) is 5.96 Å². The Morgan fingerprint density at radius 2 is 1.96 bits per heavy atom. The minimum absolute atomic E-state index is 0. The Morgan fingerprint density at radius 3 is 2.54 bits per heavy atom. The van der Waals surface area contributed by atoms with Crippen molar-refractivity contribution in [1.29, 1.82) is 0 Å². The summed E-state index contributed by atoms with van der Waals surface area (Å²) in [6.45, 7) is 12.8. The van der Waals surface area contributed by atoms with Crippen LogP contribution in [-0.4, -0.2) is 60.5 Å². The molecular weight excluding hydrogens is 487 g/mol. The minimum atomic E-state index is 0. The number of piperidine rings is 1. The third-order valence-electron chi connectivity index (χ3n) is 4.66. The molecule has 1 aromatic heterocycles. The quantitative estimate of drug-likeness (QED) is 0.278. The van der Waals surface area contributed by atoms with Gasteiger partial charge in [-0.2, -0.15) is 0 Å². The predicted molar refractivity (Wildman–Crippen MR) is 128 cm³/mol. The van der Waals surface area contributed by atoms with Gasteiger partial charge in [0.05, 0.1) is 18.8 Å². The summed E-state index contributed by atoms with van der Waals surface area (Å²) in [6, 6.07) is 0.387. The third kappa shape index (κ3) is 8.60. The van der Waals surface area contributed by atoms with E-state index < -0.39 is 0 Å². The lowest BCUT2D eigenvalue weighted by Crippen LogP contribution is -2.50. The summed E-state index contributed by atoms with van der Waals surface area (Å²) in [5.41, 5.74) is 1.10. The molecule has 2 heterocycles. The zero-order chi connectivity index (χ0) is 19.6. The molecule has 0 radical (unpaired) electrons. The van der Waals surface area contributed by atoms with Crippen LogP contribution in [0.4, 0.5) is 0 Å². The van der Waals surface area contributed by atoms with Gasteiger partial charge in [-0.05, 0) is 40.0 Å². The molecule has 1 aliphatic heterocycles. The van der Waals surface area contributed by atoms with E-state index in [1.54, 1.807) is 11.3 Å². The highest BCUT2D eigenvalue weighted by Crippen LogP contribution is 2.17. The Morgan fingerprint density at radius 1 is 1.25 bits per heavy atom. The Kier molecular flexibility index (Phi) is 11.9. The van der Waals surface area contributed by atoms with Gasteiger partial charge in [0.2, 0.25) is 5.91 Å². The number of aliphatic imine (C=N–C) groups is 1. The number of carbonyl (C=O) groups is 1.